The van der Waals surface area contributed by atoms with Gasteiger partial charge in [-0.2, -0.15) is 4.98 Å². The van der Waals surface area contributed by atoms with Crippen molar-refractivity contribution < 1.29 is 14.4 Å². The van der Waals surface area contributed by atoms with E-state index in [0.717, 1.165) is 18.4 Å². The molecule has 1 saturated heterocycles. The summed E-state index contributed by atoms with van der Waals surface area (Å²) in [4.78, 5) is 43.2. The molecule has 0 radical (unpaired) electrons. The molecule has 6 rings (SSSR count). The number of nitrogens with zero attached hydrogens (tertiary/aromatic N) is 6. The van der Waals surface area contributed by atoms with Crippen LogP contribution in [0.3, 0.4) is 0 Å². The summed E-state index contributed by atoms with van der Waals surface area (Å²) in [5, 5.41) is 20.7. The van der Waals surface area contributed by atoms with E-state index in [1.54, 1.807) is 21.7 Å². The Morgan fingerprint density at radius 3 is 2.59 bits per heavy atom. The lowest BCUT2D eigenvalue weighted by molar-refractivity contribution is -0.124. The summed E-state index contributed by atoms with van der Waals surface area (Å²) in [7, 11) is 1.49. The van der Waals surface area contributed by atoms with Crippen molar-refractivity contribution in [2.45, 2.75) is 25.3 Å². The van der Waals surface area contributed by atoms with Gasteiger partial charge in [-0.15, -0.1) is 15.3 Å². The molecule has 0 bridgehead atoms. The average Bonchev–Trinajstić information content (AvgIpc) is 3.68. The molecule has 4 aromatic rings. The number of fused-ring (bicyclic) bond motifs is 1. The third-order valence-electron chi connectivity index (χ3n) is 6.41. The van der Waals surface area contributed by atoms with E-state index in [2.05, 4.69) is 36.2 Å². The first kappa shape index (κ1) is 22.6. The summed E-state index contributed by atoms with van der Waals surface area (Å²) >= 11 is 0. The predicted molar refractivity (Wildman–Crippen MR) is 134 cm³/mol. The van der Waals surface area contributed by atoms with E-state index in [1.165, 1.54) is 13.1 Å². The second kappa shape index (κ2) is 8.97. The van der Waals surface area contributed by atoms with Gasteiger partial charge in [0.1, 0.15) is 0 Å². The van der Waals surface area contributed by atoms with Gasteiger partial charge in [0.25, 0.3) is 5.91 Å². The molecule has 186 valence electrons. The van der Waals surface area contributed by atoms with E-state index in [-0.39, 0.29) is 41.2 Å². The first-order valence-electron chi connectivity index (χ1n) is 11.9. The molecular weight excluding hydrogens is 474 g/mol. The van der Waals surface area contributed by atoms with Crippen LogP contribution in [-0.4, -0.2) is 49.6 Å². The molecule has 1 aliphatic carbocycles. The third kappa shape index (κ3) is 4.33. The molecule has 3 N–H and O–H groups in total. The van der Waals surface area contributed by atoms with Gasteiger partial charge in [-0.25, -0.2) is 4.52 Å². The van der Waals surface area contributed by atoms with Crippen LogP contribution in [0.15, 0.2) is 54.7 Å². The van der Waals surface area contributed by atoms with E-state index in [4.69, 9.17) is 0 Å². The maximum absolute atomic E-state index is 12.5. The molecule has 2 aliphatic rings. The van der Waals surface area contributed by atoms with Gasteiger partial charge in [-0.1, -0.05) is 30.3 Å². The molecule has 1 unspecified atom stereocenters. The van der Waals surface area contributed by atoms with Crippen LogP contribution in [0.1, 0.15) is 41.4 Å². The number of hydrogen-bond donors (Lipinski definition) is 3. The van der Waals surface area contributed by atoms with Crippen LogP contribution in [0.5, 0.6) is 0 Å². The van der Waals surface area contributed by atoms with Crippen molar-refractivity contribution >= 4 is 46.5 Å². The molecule has 12 heteroatoms. The van der Waals surface area contributed by atoms with Gasteiger partial charge < -0.3 is 20.9 Å². The molecule has 12 nitrogen and oxygen atoms in total. The highest BCUT2D eigenvalue weighted by Crippen LogP contribution is 2.38. The number of amides is 3. The van der Waals surface area contributed by atoms with Crippen LogP contribution in [0, 0.1) is 5.92 Å². The minimum atomic E-state index is -0.454. The SMILES string of the molecule is CNC(=O)c1nnc(NC(=O)C2CC2)cc1Nc1nc2ccc(N3C(=O)CC3c3ccccc3)cn2n1. The Bertz CT molecular complexity index is 1530. The zero-order valence-electron chi connectivity index (χ0n) is 19.9. The van der Waals surface area contributed by atoms with Crippen molar-refractivity contribution in [2.75, 3.05) is 22.6 Å². The van der Waals surface area contributed by atoms with E-state index in [1.807, 2.05) is 36.4 Å². The van der Waals surface area contributed by atoms with Crippen LogP contribution < -0.4 is 20.9 Å². The normalized spacial score (nSPS) is 16.8. The lowest BCUT2D eigenvalue weighted by Crippen LogP contribution is -2.46. The molecule has 3 amide bonds. The molecule has 3 aromatic heterocycles. The summed E-state index contributed by atoms with van der Waals surface area (Å²) in [6.45, 7) is 0. The fourth-order valence-corrected chi connectivity index (χ4v) is 4.28. The van der Waals surface area contributed by atoms with Gasteiger partial charge in [0.15, 0.2) is 17.2 Å². The molecule has 1 atom stereocenters. The van der Waals surface area contributed by atoms with Gasteiger partial charge in [-0.3, -0.25) is 14.4 Å². The number of hydrogen-bond acceptors (Lipinski definition) is 8. The minimum Gasteiger partial charge on any atom is -0.354 e. The molecule has 1 aliphatic heterocycles. The molecule has 37 heavy (non-hydrogen) atoms. The first-order chi connectivity index (χ1) is 18.0. The molecule has 0 spiro atoms. The predicted octanol–water partition coefficient (Wildman–Crippen LogP) is 2.45. The second-order valence-corrected chi connectivity index (χ2v) is 8.98. The lowest BCUT2D eigenvalue weighted by Gasteiger charge is -2.40. The number of β-lactam (4-membered cyclic amide) rings is 1. The second-order valence-electron chi connectivity index (χ2n) is 8.98. The van der Waals surface area contributed by atoms with Crippen molar-refractivity contribution in [1.82, 2.24) is 30.1 Å². The maximum atomic E-state index is 12.5. The Labute approximate surface area is 211 Å². The van der Waals surface area contributed by atoms with E-state index >= 15 is 0 Å². The quantitative estimate of drug-likeness (QED) is 0.330. The first-order valence-corrected chi connectivity index (χ1v) is 11.9. The molecule has 1 aromatic carbocycles. The number of carbonyl (C=O) groups excluding carboxylic acids is 3. The smallest absolute Gasteiger partial charge is 0.273 e. The Balaban J connectivity index is 1.28. The van der Waals surface area contributed by atoms with Crippen LogP contribution in [-0.2, 0) is 9.59 Å². The topological polar surface area (TPSA) is 147 Å². The van der Waals surface area contributed by atoms with Crippen molar-refractivity contribution in [1.29, 1.82) is 0 Å². The fraction of sp³-hybridized carbons (Fsp3) is 0.240. The van der Waals surface area contributed by atoms with Gasteiger partial charge in [0, 0.05) is 19.0 Å². The molecular formula is C25H23N9O3. The maximum Gasteiger partial charge on any atom is 0.273 e. The molecule has 1 saturated carbocycles. The number of carbonyl (C=O) groups is 3. The van der Waals surface area contributed by atoms with Crippen molar-refractivity contribution in [2.24, 2.45) is 5.92 Å². The Morgan fingerprint density at radius 2 is 1.86 bits per heavy atom. The van der Waals surface area contributed by atoms with E-state index in [9.17, 15) is 14.4 Å². The van der Waals surface area contributed by atoms with Crippen LogP contribution in [0.4, 0.5) is 23.1 Å². The van der Waals surface area contributed by atoms with Crippen molar-refractivity contribution in [3.05, 3.63) is 66.0 Å². The standard InChI is InChI=1S/C25H23N9O3/c1-26-24(37)22-17(11-19(30-31-22)28-23(36)15-7-8-15)27-25-29-20-10-9-16(13-33(20)32-25)34-18(12-21(34)35)14-5-3-2-4-6-14/h2-6,9-11,13,15,18H,7-8,12H2,1H3,(H,26,37)(H2,27,28,30,32,36). The number of rotatable bonds is 7. The van der Waals surface area contributed by atoms with Crippen LogP contribution in [0.25, 0.3) is 5.65 Å². The summed E-state index contributed by atoms with van der Waals surface area (Å²) in [5.74, 6) is -0.118. The summed E-state index contributed by atoms with van der Waals surface area (Å²) in [6.07, 6.45) is 3.89. The number of anilines is 4. The zero-order chi connectivity index (χ0) is 25.5. The number of nitrogens with one attached hydrogen (secondary N) is 3. The highest BCUT2D eigenvalue weighted by Gasteiger charge is 2.38. The average molecular weight is 498 g/mol. The van der Waals surface area contributed by atoms with Crippen molar-refractivity contribution in [3.8, 4) is 0 Å². The monoisotopic (exact) mass is 497 g/mol. The number of benzene rings is 1. The molecule has 4 heterocycles. The Morgan fingerprint density at radius 1 is 1.05 bits per heavy atom. The zero-order valence-corrected chi connectivity index (χ0v) is 19.9. The Kier molecular flexibility index (Phi) is 5.48. The third-order valence-corrected chi connectivity index (χ3v) is 6.41. The summed E-state index contributed by atoms with van der Waals surface area (Å²) in [6, 6.07) is 15.0. The van der Waals surface area contributed by atoms with E-state index in [0.29, 0.717) is 23.4 Å². The fourth-order valence-electron chi connectivity index (χ4n) is 4.28. The van der Waals surface area contributed by atoms with Gasteiger partial charge in [0.2, 0.25) is 17.8 Å². The summed E-state index contributed by atoms with van der Waals surface area (Å²) in [5.41, 5.74) is 2.64. The Hall–Kier alpha value is -4.87. The van der Waals surface area contributed by atoms with Gasteiger partial charge >= 0.3 is 0 Å². The van der Waals surface area contributed by atoms with Crippen molar-refractivity contribution in [3.63, 3.8) is 0 Å². The minimum absolute atomic E-state index is 0.00842. The lowest BCUT2D eigenvalue weighted by atomic mass is 9.93. The highest BCUT2D eigenvalue weighted by molar-refractivity contribution is 6.01. The highest BCUT2D eigenvalue weighted by atomic mass is 16.2. The van der Waals surface area contributed by atoms with E-state index < -0.39 is 5.91 Å². The molecule has 2 fully saturated rings. The van der Waals surface area contributed by atoms with Gasteiger partial charge in [-0.05, 0) is 30.5 Å². The van der Waals surface area contributed by atoms with Gasteiger partial charge in [0.05, 0.1) is 30.0 Å². The van der Waals surface area contributed by atoms with Crippen LogP contribution in [0.2, 0.25) is 0 Å². The largest absolute Gasteiger partial charge is 0.354 e. The number of aromatic nitrogens is 5. The van der Waals surface area contributed by atoms with Crippen LogP contribution >= 0.6 is 0 Å². The summed E-state index contributed by atoms with van der Waals surface area (Å²) < 4.78 is 1.56. The number of pyridine rings is 1.